The average Bonchev–Trinajstić information content (AvgIpc) is 2.71. The summed E-state index contributed by atoms with van der Waals surface area (Å²) in [5.74, 6) is 0.295. The van der Waals surface area contributed by atoms with Crippen molar-refractivity contribution in [2.75, 3.05) is 13.7 Å². The smallest absolute Gasteiger partial charge is 0.348 e. The van der Waals surface area contributed by atoms with Crippen LogP contribution in [0.15, 0.2) is 42.0 Å². The predicted octanol–water partition coefficient (Wildman–Crippen LogP) is 4.22. The second-order valence-electron chi connectivity index (χ2n) is 5.48. The first-order valence-corrected chi connectivity index (χ1v) is 9.39. The zero-order chi connectivity index (χ0) is 20.5. The molecule has 0 bridgehead atoms. The number of rotatable bonds is 7. The number of esters is 1. The van der Waals surface area contributed by atoms with Crippen molar-refractivity contribution in [3.8, 4) is 23.6 Å². The second kappa shape index (κ2) is 10.3. The molecule has 0 amide bonds. The standard InChI is InChI=1S/C21H17IN2O4/c1-3-27-21(25)17(12-24)8-14-9-18(22)20(19(10-14)26-2)28-13-16-7-5-4-6-15(16)11-23/h4-10H,3,13H2,1-2H3. The number of methoxy groups -OCH3 is 1. The fourth-order valence-electron chi connectivity index (χ4n) is 2.38. The van der Waals surface area contributed by atoms with E-state index in [1.165, 1.54) is 13.2 Å². The Kier molecular flexibility index (Phi) is 7.85. The van der Waals surface area contributed by atoms with Gasteiger partial charge in [-0.1, -0.05) is 18.2 Å². The molecule has 0 aliphatic carbocycles. The van der Waals surface area contributed by atoms with E-state index in [-0.39, 0.29) is 18.8 Å². The Balaban J connectivity index is 2.32. The molecule has 0 spiro atoms. The summed E-state index contributed by atoms with van der Waals surface area (Å²) in [4.78, 5) is 11.8. The van der Waals surface area contributed by atoms with Crippen LogP contribution in [0.1, 0.15) is 23.6 Å². The highest BCUT2D eigenvalue weighted by atomic mass is 127. The van der Waals surface area contributed by atoms with Crippen LogP contribution in [0.4, 0.5) is 0 Å². The summed E-state index contributed by atoms with van der Waals surface area (Å²) < 4.78 is 16.9. The third-order valence-electron chi connectivity index (χ3n) is 3.69. The zero-order valence-electron chi connectivity index (χ0n) is 15.4. The van der Waals surface area contributed by atoms with Crippen molar-refractivity contribution in [1.82, 2.24) is 0 Å². The van der Waals surface area contributed by atoms with E-state index in [0.29, 0.717) is 22.6 Å². The second-order valence-corrected chi connectivity index (χ2v) is 6.64. The molecule has 6 nitrogen and oxygen atoms in total. The number of carbonyl (C=O) groups excluding carboxylic acids is 1. The van der Waals surface area contributed by atoms with E-state index in [2.05, 4.69) is 28.7 Å². The first kappa shape index (κ1) is 21.3. The molecule has 0 atom stereocenters. The Bertz CT molecular complexity index is 987. The van der Waals surface area contributed by atoms with Crippen LogP contribution in [0.2, 0.25) is 0 Å². The van der Waals surface area contributed by atoms with E-state index in [4.69, 9.17) is 14.2 Å². The Hall–Kier alpha value is -3.04. The number of nitrogens with zero attached hydrogens (tertiary/aromatic N) is 2. The molecular weight excluding hydrogens is 471 g/mol. The molecule has 142 valence electrons. The van der Waals surface area contributed by atoms with Gasteiger partial charge in [-0.2, -0.15) is 10.5 Å². The minimum atomic E-state index is -0.674. The first-order valence-electron chi connectivity index (χ1n) is 8.31. The summed E-state index contributed by atoms with van der Waals surface area (Å²) in [5.41, 5.74) is 1.82. The van der Waals surface area contributed by atoms with E-state index in [9.17, 15) is 15.3 Å². The number of ether oxygens (including phenoxy) is 3. The van der Waals surface area contributed by atoms with Crippen molar-refractivity contribution in [2.24, 2.45) is 0 Å². The van der Waals surface area contributed by atoms with Crippen molar-refractivity contribution in [2.45, 2.75) is 13.5 Å². The Morgan fingerprint density at radius 2 is 2.00 bits per heavy atom. The third-order valence-corrected chi connectivity index (χ3v) is 4.49. The van der Waals surface area contributed by atoms with Gasteiger partial charge >= 0.3 is 5.97 Å². The lowest BCUT2D eigenvalue weighted by Gasteiger charge is -2.14. The lowest BCUT2D eigenvalue weighted by molar-refractivity contribution is -0.137. The number of carbonyl (C=O) groups is 1. The molecule has 0 saturated carbocycles. The summed E-state index contributed by atoms with van der Waals surface area (Å²) in [6.45, 7) is 2.07. The molecule has 0 unspecified atom stereocenters. The van der Waals surface area contributed by atoms with Gasteiger partial charge in [-0.15, -0.1) is 0 Å². The largest absolute Gasteiger partial charge is 0.493 e. The molecule has 2 rings (SSSR count). The van der Waals surface area contributed by atoms with Crippen LogP contribution in [-0.4, -0.2) is 19.7 Å². The molecule has 2 aromatic carbocycles. The summed E-state index contributed by atoms with van der Waals surface area (Å²) in [5, 5.41) is 18.4. The monoisotopic (exact) mass is 488 g/mol. The van der Waals surface area contributed by atoms with Crippen LogP contribution in [-0.2, 0) is 16.1 Å². The van der Waals surface area contributed by atoms with Gasteiger partial charge in [-0.25, -0.2) is 4.79 Å². The zero-order valence-corrected chi connectivity index (χ0v) is 17.5. The number of benzene rings is 2. The van der Waals surface area contributed by atoms with Gasteiger partial charge in [0.2, 0.25) is 0 Å². The van der Waals surface area contributed by atoms with Gasteiger partial charge in [0.15, 0.2) is 11.5 Å². The summed E-state index contributed by atoms with van der Waals surface area (Å²) in [7, 11) is 1.51. The summed E-state index contributed by atoms with van der Waals surface area (Å²) in [6.07, 6.45) is 1.44. The van der Waals surface area contributed by atoms with Crippen LogP contribution in [0, 0.1) is 26.2 Å². The van der Waals surface area contributed by atoms with Crippen molar-refractivity contribution in [3.63, 3.8) is 0 Å². The fraction of sp³-hybridized carbons (Fsp3) is 0.190. The van der Waals surface area contributed by atoms with Gasteiger partial charge in [-0.05, 0) is 59.4 Å². The topological polar surface area (TPSA) is 92.3 Å². The Labute approximate surface area is 177 Å². The van der Waals surface area contributed by atoms with Gasteiger partial charge in [0.05, 0.1) is 28.9 Å². The van der Waals surface area contributed by atoms with Crippen LogP contribution >= 0.6 is 22.6 Å². The maximum atomic E-state index is 11.8. The highest BCUT2D eigenvalue weighted by Gasteiger charge is 2.15. The third kappa shape index (κ3) is 5.24. The summed E-state index contributed by atoms with van der Waals surface area (Å²) >= 11 is 2.09. The van der Waals surface area contributed by atoms with E-state index < -0.39 is 5.97 Å². The van der Waals surface area contributed by atoms with Crippen molar-refractivity contribution < 1.29 is 19.0 Å². The van der Waals surface area contributed by atoms with Gasteiger partial charge in [0.1, 0.15) is 18.2 Å². The lowest BCUT2D eigenvalue weighted by atomic mass is 10.1. The average molecular weight is 488 g/mol. The number of nitriles is 2. The predicted molar refractivity (Wildman–Crippen MR) is 111 cm³/mol. The molecule has 0 fully saturated rings. The molecule has 0 saturated heterocycles. The van der Waals surface area contributed by atoms with Gasteiger partial charge in [-0.3, -0.25) is 0 Å². The number of hydrogen-bond acceptors (Lipinski definition) is 6. The lowest BCUT2D eigenvalue weighted by Crippen LogP contribution is -2.06. The molecule has 0 heterocycles. The van der Waals surface area contributed by atoms with Gasteiger partial charge < -0.3 is 14.2 Å². The molecule has 28 heavy (non-hydrogen) atoms. The molecule has 0 aromatic heterocycles. The maximum Gasteiger partial charge on any atom is 0.348 e. The highest BCUT2D eigenvalue weighted by Crippen LogP contribution is 2.35. The van der Waals surface area contributed by atoms with E-state index in [1.807, 2.05) is 18.2 Å². The van der Waals surface area contributed by atoms with Crippen LogP contribution in [0.5, 0.6) is 11.5 Å². The van der Waals surface area contributed by atoms with Gasteiger partial charge in [0.25, 0.3) is 0 Å². The first-order chi connectivity index (χ1) is 13.5. The molecule has 0 aliphatic rings. The maximum absolute atomic E-state index is 11.8. The Morgan fingerprint density at radius 3 is 2.64 bits per heavy atom. The van der Waals surface area contributed by atoms with Crippen LogP contribution in [0.25, 0.3) is 6.08 Å². The SMILES string of the molecule is CCOC(=O)C(C#N)=Cc1cc(I)c(OCc2ccccc2C#N)c(OC)c1. The van der Waals surface area contributed by atoms with Gasteiger partial charge in [0, 0.05) is 5.56 Å². The molecule has 2 aromatic rings. The van der Waals surface area contributed by atoms with E-state index in [0.717, 1.165) is 9.13 Å². The van der Waals surface area contributed by atoms with Crippen molar-refractivity contribution in [1.29, 1.82) is 10.5 Å². The fourth-order valence-corrected chi connectivity index (χ4v) is 3.16. The highest BCUT2D eigenvalue weighted by molar-refractivity contribution is 14.1. The quantitative estimate of drug-likeness (QED) is 0.251. The Morgan fingerprint density at radius 1 is 1.25 bits per heavy atom. The molecule has 0 radical (unpaired) electrons. The van der Waals surface area contributed by atoms with E-state index in [1.54, 1.807) is 31.2 Å². The molecular formula is C21H17IN2O4. The normalized spacial score (nSPS) is 10.5. The number of hydrogen-bond donors (Lipinski definition) is 0. The minimum Gasteiger partial charge on any atom is -0.493 e. The van der Waals surface area contributed by atoms with Crippen molar-refractivity contribution >= 4 is 34.6 Å². The molecule has 0 N–H and O–H groups in total. The van der Waals surface area contributed by atoms with Crippen LogP contribution < -0.4 is 9.47 Å². The van der Waals surface area contributed by atoms with E-state index >= 15 is 0 Å². The molecule has 0 aliphatic heterocycles. The summed E-state index contributed by atoms with van der Waals surface area (Å²) in [6, 6.07) is 14.6. The van der Waals surface area contributed by atoms with Crippen molar-refractivity contribution in [3.05, 3.63) is 62.2 Å². The van der Waals surface area contributed by atoms with Crippen LogP contribution in [0.3, 0.4) is 0 Å². The minimum absolute atomic E-state index is 0.101. The number of halogens is 1. The molecule has 7 heteroatoms.